The molecule has 1 aromatic carbocycles. The first kappa shape index (κ1) is 25.8. The summed E-state index contributed by atoms with van der Waals surface area (Å²) in [4.78, 5) is 8.61. The number of hydrogen-bond donors (Lipinski definition) is 2. The average Bonchev–Trinajstić information content (AvgIpc) is 2.69. The van der Waals surface area contributed by atoms with E-state index in [0.29, 0.717) is 30.5 Å². The van der Waals surface area contributed by atoms with Crippen molar-refractivity contribution in [2.24, 2.45) is 4.99 Å². The van der Waals surface area contributed by atoms with E-state index in [1.54, 1.807) is 38.4 Å². The molecule has 0 fully saturated rings. The molecule has 0 saturated heterocycles. The number of hydrogen-bond acceptors (Lipinski definition) is 4. The highest BCUT2D eigenvalue weighted by Crippen LogP contribution is 2.23. The van der Waals surface area contributed by atoms with Gasteiger partial charge in [-0.15, -0.1) is 24.0 Å². The van der Waals surface area contributed by atoms with Gasteiger partial charge in [0.25, 0.3) is 0 Å². The third kappa shape index (κ3) is 9.06. The molecule has 10 heteroatoms. The summed E-state index contributed by atoms with van der Waals surface area (Å²) in [6.45, 7) is 3.68. The van der Waals surface area contributed by atoms with Crippen molar-refractivity contribution in [1.29, 1.82) is 0 Å². The number of nitrogens with one attached hydrogen (secondary N) is 2. The second-order valence-electron chi connectivity index (χ2n) is 6.27. The highest BCUT2D eigenvalue weighted by atomic mass is 127. The Morgan fingerprint density at radius 1 is 1.17 bits per heavy atom. The van der Waals surface area contributed by atoms with E-state index in [9.17, 15) is 13.2 Å². The quantitative estimate of drug-likeness (QED) is 0.300. The van der Waals surface area contributed by atoms with Crippen molar-refractivity contribution in [1.82, 2.24) is 15.6 Å². The highest BCUT2D eigenvalue weighted by Gasteiger charge is 2.28. The summed E-state index contributed by atoms with van der Waals surface area (Å²) in [6, 6.07) is 8.77. The van der Waals surface area contributed by atoms with Crippen molar-refractivity contribution in [3.63, 3.8) is 0 Å². The zero-order valence-electron chi connectivity index (χ0n) is 17.0. The van der Waals surface area contributed by atoms with Gasteiger partial charge in [0, 0.05) is 30.9 Å². The second-order valence-corrected chi connectivity index (χ2v) is 6.27. The molecule has 2 rings (SSSR count). The Morgan fingerprint density at radius 2 is 1.93 bits per heavy atom. The van der Waals surface area contributed by atoms with Crippen LogP contribution in [-0.4, -0.2) is 37.4 Å². The van der Waals surface area contributed by atoms with Gasteiger partial charge in [0.2, 0.25) is 5.88 Å². The van der Waals surface area contributed by atoms with Gasteiger partial charge in [-0.25, -0.2) is 9.98 Å². The van der Waals surface area contributed by atoms with E-state index >= 15 is 0 Å². The Kier molecular flexibility index (Phi) is 10.7. The third-order valence-electron chi connectivity index (χ3n) is 3.83. The molecule has 0 bridgehead atoms. The molecular weight excluding hydrogens is 512 g/mol. The van der Waals surface area contributed by atoms with Gasteiger partial charge in [-0.3, -0.25) is 0 Å². The van der Waals surface area contributed by atoms with Crippen LogP contribution in [0.3, 0.4) is 0 Å². The molecule has 0 saturated carbocycles. The SMILES string of the molecule is CCNC(=NCc1ccc(OC)nc1)NCc1ccc(C)cc1OCC(F)(F)F.I. The second kappa shape index (κ2) is 12.5. The van der Waals surface area contributed by atoms with Gasteiger partial charge >= 0.3 is 6.18 Å². The number of ether oxygens (including phenoxy) is 2. The molecule has 0 atom stereocenters. The number of halogens is 4. The lowest BCUT2D eigenvalue weighted by molar-refractivity contribution is -0.153. The van der Waals surface area contributed by atoms with Crippen LogP contribution in [0.1, 0.15) is 23.6 Å². The summed E-state index contributed by atoms with van der Waals surface area (Å²) in [5.41, 5.74) is 2.32. The van der Waals surface area contributed by atoms with E-state index < -0.39 is 12.8 Å². The fourth-order valence-electron chi connectivity index (χ4n) is 2.42. The lowest BCUT2D eigenvalue weighted by Crippen LogP contribution is -2.37. The van der Waals surface area contributed by atoms with Crippen LogP contribution in [0.2, 0.25) is 0 Å². The van der Waals surface area contributed by atoms with Crippen molar-refractivity contribution in [3.8, 4) is 11.6 Å². The van der Waals surface area contributed by atoms with Crippen LogP contribution >= 0.6 is 24.0 Å². The predicted octanol–water partition coefficient (Wildman–Crippen LogP) is 4.21. The molecule has 0 aliphatic rings. The van der Waals surface area contributed by atoms with E-state index in [-0.39, 0.29) is 36.3 Å². The summed E-state index contributed by atoms with van der Waals surface area (Å²) in [7, 11) is 1.55. The van der Waals surface area contributed by atoms with Crippen molar-refractivity contribution in [2.45, 2.75) is 33.1 Å². The van der Waals surface area contributed by atoms with Crippen LogP contribution < -0.4 is 20.1 Å². The fraction of sp³-hybridized carbons (Fsp3) is 0.400. The summed E-state index contributed by atoms with van der Waals surface area (Å²) >= 11 is 0. The van der Waals surface area contributed by atoms with E-state index in [0.717, 1.165) is 11.1 Å². The molecule has 0 unspecified atom stereocenters. The van der Waals surface area contributed by atoms with E-state index in [1.165, 1.54) is 0 Å². The minimum absolute atomic E-state index is 0. The standard InChI is InChI=1S/C20H25F3N4O2.HI/c1-4-24-19(26-11-15-6-8-18(28-3)25-10-15)27-12-16-7-5-14(2)9-17(16)29-13-20(21,22)23;/h5-10H,4,11-13H2,1-3H3,(H2,24,26,27);1H. The normalized spacial score (nSPS) is 11.5. The van der Waals surface area contributed by atoms with E-state index in [4.69, 9.17) is 9.47 Å². The lowest BCUT2D eigenvalue weighted by Gasteiger charge is -2.16. The number of rotatable bonds is 8. The maximum atomic E-state index is 12.5. The Balaban J connectivity index is 0.00000450. The number of methoxy groups -OCH3 is 1. The third-order valence-corrected chi connectivity index (χ3v) is 3.83. The fourth-order valence-corrected chi connectivity index (χ4v) is 2.42. The van der Waals surface area contributed by atoms with Gasteiger partial charge in [0.15, 0.2) is 12.6 Å². The number of nitrogens with zero attached hydrogens (tertiary/aromatic N) is 2. The first-order valence-electron chi connectivity index (χ1n) is 9.11. The molecule has 2 N–H and O–H groups in total. The maximum absolute atomic E-state index is 12.5. The van der Waals surface area contributed by atoms with Crippen LogP contribution in [-0.2, 0) is 13.1 Å². The first-order chi connectivity index (χ1) is 13.8. The van der Waals surface area contributed by atoms with Crippen molar-refractivity contribution in [3.05, 3.63) is 53.2 Å². The number of aliphatic imine (C=N–C) groups is 1. The molecule has 0 amide bonds. The largest absolute Gasteiger partial charge is 0.484 e. The van der Waals surface area contributed by atoms with Crippen LogP contribution in [0, 0.1) is 6.92 Å². The number of alkyl halides is 3. The van der Waals surface area contributed by atoms with Gasteiger partial charge < -0.3 is 20.1 Å². The minimum atomic E-state index is -4.39. The van der Waals surface area contributed by atoms with Crippen molar-refractivity contribution < 1.29 is 22.6 Å². The van der Waals surface area contributed by atoms with Crippen LogP contribution in [0.4, 0.5) is 13.2 Å². The van der Waals surface area contributed by atoms with Gasteiger partial charge in [-0.1, -0.05) is 18.2 Å². The summed E-state index contributed by atoms with van der Waals surface area (Å²) in [5, 5.41) is 6.23. The molecule has 0 spiro atoms. The monoisotopic (exact) mass is 538 g/mol. The lowest BCUT2D eigenvalue weighted by atomic mass is 10.1. The Hall–Kier alpha value is -2.24. The average molecular weight is 538 g/mol. The number of guanidine groups is 1. The predicted molar refractivity (Wildman–Crippen MR) is 121 cm³/mol. The molecule has 0 radical (unpaired) electrons. The zero-order chi connectivity index (χ0) is 21.3. The van der Waals surface area contributed by atoms with Gasteiger partial charge in [0.1, 0.15) is 5.75 Å². The maximum Gasteiger partial charge on any atom is 0.422 e. The summed E-state index contributed by atoms with van der Waals surface area (Å²) < 4.78 is 47.6. The summed E-state index contributed by atoms with van der Waals surface area (Å²) in [5.74, 6) is 1.25. The Morgan fingerprint density at radius 3 is 2.53 bits per heavy atom. The smallest absolute Gasteiger partial charge is 0.422 e. The molecular formula is C20H26F3IN4O2. The molecule has 0 aliphatic carbocycles. The van der Waals surface area contributed by atoms with Gasteiger partial charge in [-0.2, -0.15) is 13.2 Å². The van der Waals surface area contributed by atoms with Gasteiger partial charge in [0.05, 0.1) is 13.7 Å². The van der Waals surface area contributed by atoms with E-state index in [1.807, 2.05) is 19.1 Å². The van der Waals surface area contributed by atoms with Crippen molar-refractivity contribution >= 4 is 29.9 Å². The topological polar surface area (TPSA) is 67.8 Å². The molecule has 2 aromatic rings. The molecule has 0 aliphatic heterocycles. The highest BCUT2D eigenvalue weighted by molar-refractivity contribution is 14.0. The molecule has 1 heterocycles. The zero-order valence-corrected chi connectivity index (χ0v) is 19.4. The van der Waals surface area contributed by atoms with E-state index in [2.05, 4.69) is 20.6 Å². The number of aromatic nitrogens is 1. The first-order valence-corrected chi connectivity index (χ1v) is 9.11. The van der Waals surface area contributed by atoms with Crippen LogP contribution in [0.5, 0.6) is 11.6 Å². The molecule has 30 heavy (non-hydrogen) atoms. The van der Waals surface area contributed by atoms with Crippen molar-refractivity contribution in [2.75, 3.05) is 20.3 Å². The minimum Gasteiger partial charge on any atom is -0.484 e. The number of pyridine rings is 1. The van der Waals surface area contributed by atoms with Crippen LogP contribution in [0.25, 0.3) is 0 Å². The van der Waals surface area contributed by atoms with Gasteiger partial charge in [-0.05, 0) is 31.0 Å². The Bertz CT molecular complexity index is 815. The Labute approximate surface area is 191 Å². The number of benzene rings is 1. The molecule has 6 nitrogen and oxygen atoms in total. The van der Waals surface area contributed by atoms with Crippen LogP contribution in [0.15, 0.2) is 41.5 Å². The number of aryl methyl sites for hydroxylation is 1. The summed E-state index contributed by atoms with van der Waals surface area (Å²) in [6.07, 6.45) is -2.72. The molecule has 1 aromatic heterocycles. The molecule has 166 valence electrons.